The second-order valence-corrected chi connectivity index (χ2v) is 6.59. The summed E-state index contributed by atoms with van der Waals surface area (Å²) in [6.07, 6.45) is 7.46. The molecule has 0 fully saturated rings. The fourth-order valence-electron chi connectivity index (χ4n) is 3.12. The van der Waals surface area contributed by atoms with E-state index < -0.39 is 0 Å². The van der Waals surface area contributed by atoms with Crippen LogP contribution in [0.25, 0.3) is 0 Å². The summed E-state index contributed by atoms with van der Waals surface area (Å²) in [5, 5.41) is 7.44. The summed E-state index contributed by atoms with van der Waals surface area (Å²) in [5.41, 5.74) is 2.71. The summed E-state index contributed by atoms with van der Waals surface area (Å²) < 4.78 is 1.77. The molecule has 1 atom stereocenters. The van der Waals surface area contributed by atoms with Gasteiger partial charge in [-0.25, -0.2) is 4.98 Å². The Morgan fingerprint density at radius 1 is 1.07 bits per heavy atom. The Labute approximate surface area is 163 Å². The number of amides is 1. The molecule has 6 nitrogen and oxygen atoms in total. The molecule has 0 aliphatic rings. The number of H-pyrrole nitrogens is 1. The van der Waals surface area contributed by atoms with Crippen molar-refractivity contribution in [3.05, 3.63) is 108 Å². The number of benzene rings is 2. The smallest absolute Gasteiger partial charge is 0.254 e. The number of rotatable bonds is 7. The zero-order valence-corrected chi connectivity index (χ0v) is 15.3. The van der Waals surface area contributed by atoms with E-state index in [0.29, 0.717) is 18.5 Å². The number of aromatic amines is 1. The van der Waals surface area contributed by atoms with Gasteiger partial charge in [-0.1, -0.05) is 60.7 Å². The van der Waals surface area contributed by atoms with Crippen LogP contribution in [-0.2, 0) is 13.0 Å². The molecule has 4 aromatic rings. The monoisotopic (exact) mass is 371 g/mol. The molecule has 6 heteroatoms. The lowest BCUT2D eigenvalue weighted by atomic mass is 10.0. The molecular formula is C22H21N5O. The lowest BCUT2D eigenvalue weighted by molar-refractivity contribution is 0.0936. The Morgan fingerprint density at radius 3 is 2.54 bits per heavy atom. The Bertz CT molecular complexity index is 1010. The van der Waals surface area contributed by atoms with E-state index in [1.807, 2.05) is 60.7 Å². The first kappa shape index (κ1) is 17.7. The second-order valence-electron chi connectivity index (χ2n) is 6.59. The number of nitrogens with one attached hydrogen (secondary N) is 2. The molecule has 28 heavy (non-hydrogen) atoms. The van der Waals surface area contributed by atoms with E-state index in [0.717, 1.165) is 17.0 Å². The van der Waals surface area contributed by atoms with Gasteiger partial charge in [0.15, 0.2) is 0 Å². The summed E-state index contributed by atoms with van der Waals surface area (Å²) >= 11 is 0. The minimum atomic E-state index is -0.183. The van der Waals surface area contributed by atoms with Crippen molar-refractivity contribution >= 4 is 5.91 Å². The van der Waals surface area contributed by atoms with Crippen molar-refractivity contribution in [2.75, 3.05) is 0 Å². The zero-order chi connectivity index (χ0) is 19.2. The molecule has 0 saturated heterocycles. The lowest BCUT2D eigenvalue weighted by Crippen LogP contribution is -2.30. The van der Waals surface area contributed by atoms with Gasteiger partial charge < -0.3 is 10.3 Å². The third-order valence-electron chi connectivity index (χ3n) is 4.54. The average molecular weight is 371 g/mol. The van der Waals surface area contributed by atoms with Crippen molar-refractivity contribution in [3.63, 3.8) is 0 Å². The average Bonchev–Trinajstić information content (AvgIpc) is 3.41. The van der Waals surface area contributed by atoms with Gasteiger partial charge >= 0.3 is 0 Å². The fraction of sp³-hybridized carbons (Fsp3) is 0.136. The van der Waals surface area contributed by atoms with Crippen LogP contribution in [-0.4, -0.2) is 25.7 Å². The Balaban J connectivity index is 1.48. The summed E-state index contributed by atoms with van der Waals surface area (Å²) in [5.74, 6) is 0.675. The molecule has 2 N–H and O–H groups in total. The van der Waals surface area contributed by atoms with Crippen LogP contribution < -0.4 is 5.32 Å². The highest BCUT2D eigenvalue weighted by Crippen LogP contribution is 2.17. The van der Waals surface area contributed by atoms with E-state index in [2.05, 4.69) is 20.4 Å². The maximum absolute atomic E-state index is 12.8. The predicted octanol–water partition coefficient (Wildman–Crippen LogP) is 3.37. The molecule has 2 heterocycles. The summed E-state index contributed by atoms with van der Waals surface area (Å²) in [6, 6.07) is 19.8. The number of hydrogen-bond donors (Lipinski definition) is 2. The number of aromatic nitrogens is 4. The SMILES string of the molecule is O=C(N[C@@H](Cc1ncc[nH]1)c1ccccc1)c1cnn(Cc2ccccc2)c1. The van der Waals surface area contributed by atoms with Crippen LogP contribution in [0.2, 0.25) is 0 Å². The number of hydrogen-bond acceptors (Lipinski definition) is 3. The topological polar surface area (TPSA) is 75.6 Å². The van der Waals surface area contributed by atoms with E-state index in [9.17, 15) is 4.79 Å². The lowest BCUT2D eigenvalue weighted by Gasteiger charge is -2.18. The first-order valence-corrected chi connectivity index (χ1v) is 9.18. The molecule has 0 saturated carbocycles. The normalized spacial score (nSPS) is 11.9. The van der Waals surface area contributed by atoms with Crippen LogP contribution in [0.3, 0.4) is 0 Å². The van der Waals surface area contributed by atoms with Gasteiger partial charge in [-0.2, -0.15) is 5.10 Å². The fourth-order valence-corrected chi connectivity index (χ4v) is 3.12. The van der Waals surface area contributed by atoms with Crippen molar-refractivity contribution < 1.29 is 4.79 Å². The number of carbonyl (C=O) groups excluding carboxylic acids is 1. The van der Waals surface area contributed by atoms with E-state index in [1.165, 1.54) is 0 Å². The van der Waals surface area contributed by atoms with Gasteiger partial charge in [-0.15, -0.1) is 0 Å². The van der Waals surface area contributed by atoms with Gasteiger partial charge in [0.25, 0.3) is 5.91 Å². The van der Waals surface area contributed by atoms with Gasteiger partial charge in [-0.3, -0.25) is 9.48 Å². The van der Waals surface area contributed by atoms with E-state index in [-0.39, 0.29) is 11.9 Å². The van der Waals surface area contributed by atoms with E-state index >= 15 is 0 Å². The molecule has 0 radical (unpaired) electrons. The molecule has 0 aliphatic carbocycles. The third kappa shape index (κ3) is 4.35. The molecule has 0 aliphatic heterocycles. The summed E-state index contributed by atoms with van der Waals surface area (Å²) in [7, 11) is 0. The number of nitrogens with zero attached hydrogens (tertiary/aromatic N) is 3. The van der Waals surface area contributed by atoms with Gasteiger partial charge in [-0.05, 0) is 11.1 Å². The van der Waals surface area contributed by atoms with Crippen LogP contribution in [0, 0.1) is 0 Å². The molecule has 1 amide bonds. The van der Waals surface area contributed by atoms with Crippen molar-refractivity contribution in [1.82, 2.24) is 25.1 Å². The van der Waals surface area contributed by atoms with Crippen molar-refractivity contribution in [2.24, 2.45) is 0 Å². The zero-order valence-electron chi connectivity index (χ0n) is 15.3. The molecule has 140 valence electrons. The molecule has 0 unspecified atom stereocenters. The standard InChI is InChI=1S/C22H21N5O/c28-22(19-14-25-27(16-19)15-17-7-3-1-4-8-17)26-20(13-21-23-11-12-24-21)18-9-5-2-6-10-18/h1-12,14,16,20H,13,15H2,(H,23,24)(H,26,28)/t20-/m0/s1. The molecule has 2 aromatic heterocycles. The minimum Gasteiger partial charge on any atom is -0.349 e. The number of carbonyl (C=O) groups is 1. The highest BCUT2D eigenvalue weighted by atomic mass is 16.1. The highest BCUT2D eigenvalue weighted by Gasteiger charge is 2.18. The largest absolute Gasteiger partial charge is 0.349 e. The molecular weight excluding hydrogens is 350 g/mol. The van der Waals surface area contributed by atoms with Crippen LogP contribution >= 0.6 is 0 Å². The van der Waals surface area contributed by atoms with Crippen molar-refractivity contribution in [1.29, 1.82) is 0 Å². The van der Waals surface area contributed by atoms with Gasteiger partial charge in [0.2, 0.25) is 0 Å². The van der Waals surface area contributed by atoms with Crippen molar-refractivity contribution in [2.45, 2.75) is 19.0 Å². The highest BCUT2D eigenvalue weighted by molar-refractivity contribution is 5.94. The Kier molecular flexibility index (Phi) is 5.29. The van der Waals surface area contributed by atoms with Crippen LogP contribution in [0.15, 0.2) is 85.5 Å². The van der Waals surface area contributed by atoms with Crippen LogP contribution in [0.4, 0.5) is 0 Å². The number of imidazole rings is 1. The molecule has 4 rings (SSSR count). The summed E-state index contributed by atoms with van der Waals surface area (Å²) in [6.45, 7) is 0.628. The quantitative estimate of drug-likeness (QED) is 0.523. The minimum absolute atomic E-state index is 0.153. The first-order valence-electron chi connectivity index (χ1n) is 9.18. The molecule has 0 bridgehead atoms. The Hall–Kier alpha value is -3.67. The molecule has 2 aromatic carbocycles. The van der Waals surface area contributed by atoms with E-state index in [1.54, 1.807) is 29.5 Å². The summed E-state index contributed by atoms with van der Waals surface area (Å²) in [4.78, 5) is 20.2. The maximum atomic E-state index is 12.8. The Morgan fingerprint density at radius 2 is 1.82 bits per heavy atom. The van der Waals surface area contributed by atoms with Gasteiger partial charge in [0.1, 0.15) is 5.82 Å². The first-order chi connectivity index (χ1) is 13.8. The second kappa shape index (κ2) is 8.35. The van der Waals surface area contributed by atoms with Gasteiger partial charge in [0.05, 0.1) is 24.3 Å². The molecule has 0 spiro atoms. The van der Waals surface area contributed by atoms with Crippen LogP contribution in [0.1, 0.15) is 33.4 Å². The van der Waals surface area contributed by atoms with Crippen molar-refractivity contribution in [3.8, 4) is 0 Å². The predicted molar refractivity (Wildman–Crippen MR) is 107 cm³/mol. The van der Waals surface area contributed by atoms with Crippen LogP contribution in [0.5, 0.6) is 0 Å². The third-order valence-corrected chi connectivity index (χ3v) is 4.54. The maximum Gasteiger partial charge on any atom is 0.254 e. The van der Waals surface area contributed by atoms with E-state index in [4.69, 9.17) is 0 Å². The van der Waals surface area contributed by atoms with Gasteiger partial charge in [0, 0.05) is 25.0 Å².